The van der Waals surface area contributed by atoms with Crippen LogP contribution in [0.15, 0.2) is 54.6 Å². The van der Waals surface area contributed by atoms with Crippen LogP contribution in [-0.4, -0.2) is 5.91 Å². The zero-order chi connectivity index (χ0) is 16.2. The molecule has 1 amide bonds. The smallest absolute Gasteiger partial charge is 0.248 e. The number of benzene rings is 2. The fourth-order valence-corrected chi connectivity index (χ4v) is 2.11. The Balaban J connectivity index is 1.98. The average molecular weight is 314 g/mol. The lowest BCUT2D eigenvalue weighted by Crippen LogP contribution is -2.12. The molecular formula is C19H20ClNO. The predicted octanol–water partition coefficient (Wildman–Crippen LogP) is 5.29. The lowest BCUT2D eigenvalue weighted by atomic mass is 9.87. The molecule has 0 spiro atoms. The Morgan fingerprint density at radius 3 is 2.14 bits per heavy atom. The summed E-state index contributed by atoms with van der Waals surface area (Å²) in [6.07, 6.45) is 3.27. The normalized spacial score (nSPS) is 11.6. The number of amides is 1. The molecular weight excluding hydrogens is 294 g/mol. The first-order valence-corrected chi connectivity index (χ1v) is 7.57. The summed E-state index contributed by atoms with van der Waals surface area (Å²) in [5.74, 6) is -0.154. The van der Waals surface area contributed by atoms with Crippen LogP contribution >= 0.6 is 11.6 Å². The third kappa shape index (κ3) is 4.74. The molecule has 0 aliphatic heterocycles. The number of carbonyl (C=O) groups excluding carboxylic acids is 1. The van der Waals surface area contributed by atoms with E-state index < -0.39 is 0 Å². The van der Waals surface area contributed by atoms with E-state index in [0.717, 1.165) is 11.3 Å². The predicted molar refractivity (Wildman–Crippen MR) is 94.3 cm³/mol. The van der Waals surface area contributed by atoms with E-state index in [2.05, 4.69) is 26.1 Å². The molecule has 0 aromatic heterocycles. The van der Waals surface area contributed by atoms with Gasteiger partial charge in [0.15, 0.2) is 0 Å². The molecule has 0 radical (unpaired) electrons. The third-order valence-electron chi connectivity index (χ3n) is 3.32. The van der Waals surface area contributed by atoms with Crippen molar-refractivity contribution >= 4 is 29.3 Å². The van der Waals surface area contributed by atoms with Crippen molar-refractivity contribution in [1.29, 1.82) is 0 Å². The van der Waals surface area contributed by atoms with Crippen LogP contribution in [0.2, 0.25) is 5.02 Å². The van der Waals surface area contributed by atoms with Crippen LogP contribution in [-0.2, 0) is 10.2 Å². The van der Waals surface area contributed by atoms with Gasteiger partial charge in [-0.1, -0.05) is 56.6 Å². The third-order valence-corrected chi connectivity index (χ3v) is 3.57. The minimum absolute atomic E-state index is 0.108. The summed E-state index contributed by atoms with van der Waals surface area (Å²) < 4.78 is 0. The maximum Gasteiger partial charge on any atom is 0.248 e. The largest absolute Gasteiger partial charge is 0.323 e. The molecule has 0 saturated carbocycles. The van der Waals surface area contributed by atoms with Crippen LogP contribution in [0.4, 0.5) is 5.69 Å². The van der Waals surface area contributed by atoms with Gasteiger partial charge >= 0.3 is 0 Å². The number of hydrogen-bond donors (Lipinski definition) is 1. The second-order valence-corrected chi connectivity index (χ2v) is 6.64. The number of hydrogen-bond acceptors (Lipinski definition) is 1. The quantitative estimate of drug-likeness (QED) is 0.766. The van der Waals surface area contributed by atoms with Crippen molar-refractivity contribution in [1.82, 2.24) is 0 Å². The summed E-state index contributed by atoms with van der Waals surface area (Å²) in [7, 11) is 0. The van der Waals surface area contributed by atoms with Crippen LogP contribution in [0.5, 0.6) is 0 Å². The fourth-order valence-electron chi connectivity index (χ4n) is 1.98. The van der Waals surface area contributed by atoms with E-state index in [1.165, 1.54) is 11.6 Å². The molecule has 2 aromatic carbocycles. The lowest BCUT2D eigenvalue weighted by molar-refractivity contribution is -0.111. The van der Waals surface area contributed by atoms with Gasteiger partial charge in [0.25, 0.3) is 0 Å². The van der Waals surface area contributed by atoms with Gasteiger partial charge in [-0.25, -0.2) is 0 Å². The van der Waals surface area contributed by atoms with Crippen LogP contribution in [0.25, 0.3) is 6.08 Å². The fraction of sp³-hybridized carbons (Fsp3) is 0.211. The van der Waals surface area contributed by atoms with Gasteiger partial charge in [0.1, 0.15) is 0 Å². The van der Waals surface area contributed by atoms with Crippen molar-refractivity contribution in [3.8, 4) is 0 Å². The molecule has 0 saturated heterocycles. The molecule has 22 heavy (non-hydrogen) atoms. The zero-order valence-corrected chi connectivity index (χ0v) is 13.8. The summed E-state index contributed by atoms with van der Waals surface area (Å²) in [6.45, 7) is 6.49. The van der Waals surface area contributed by atoms with E-state index in [1.807, 2.05) is 36.4 Å². The Morgan fingerprint density at radius 1 is 1.00 bits per heavy atom. The lowest BCUT2D eigenvalue weighted by Gasteiger charge is -2.19. The highest BCUT2D eigenvalue weighted by Gasteiger charge is 2.12. The van der Waals surface area contributed by atoms with E-state index in [0.29, 0.717) is 5.02 Å². The molecule has 1 N–H and O–H groups in total. The van der Waals surface area contributed by atoms with Crippen molar-refractivity contribution in [2.75, 3.05) is 5.32 Å². The first-order chi connectivity index (χ1) is 10.3. The van der Waals surface area contributed by atoms with E-state index in [4.69, 9.17) is 11.6 Å². The monoisotopic (exact) mass is 313 g/mol. The Kier molecular flexibility index (Phi) is 5.04. The Bertz CT molecular complexity index is 664. The van der Waals surface area contributed by atoms with Crippen molar-refractivity contribution in [3.05, 3.63) is 70.8 Å². The van der Waals surface area contributed by atoms with Crippen molar-refractivity contribution in [2.24, 2.45) is 0 Å². The first-order valence-electron chi connectivity index (χ1n) is 7.20. The van der Waals surface area contributed by atoms with Gasteiger partial charge in [-0.05, 0) is 46.9 Å². The topological polar surface area (TPSA) is 29.1 Å². The summed E-state index contributed by atoms with van der Waals surface area (Å²) >= 11 is 5.82. The molecule has 3 heteroatoms. The van der Waals surface area contributed by atoms with Gasteiger partial charge in [-0.15, -0.1) is 0 Å². The SMILES string of the molecule is CC(C)(C)c1ccc(NC(=O)/C=C/c2ccc(Cl)cc2)cc1. The van der Waals surface area contributed by atoms with Crippen LogP contribution in [0, 0.1) is 0 Å². The molecule has 0 atom stereocenters. The van der Waals surface area contributed by atoms with E-state index in [9.17, 15) is 4.79 Å². The summed E-state index contributed by atoms with van der Waals surface area (Å²) in [5.41, 5.74) is 3.07. The second-order valence-electron chi connectivity index (χ2n) is 6.20. The highest BCUT2D eigenvalue weighted by atomic mass is 35.5. The maximum atomic E-state index is 11.9. The molecule has 0 fully saturated rings. The average Bonchev–Trinajstić information content (AvgIpc) is 2.46. The molecule has 0 heterocycles. The summed E-state index contributed by atoms with van der Waals surface area (Å²) in [5, 5.41) is 3.53. The number of carbonyl (C=O) groups is 1. The minimum atomic E-state index is -0.154. The number of halogens is 1. The van der Waals surface area contributed by atoms with Crippen LogP contribution in [0.3, 0.4) is 0 Å². The number of nitrogens with one attached hydrogen (secondary N) is 1. The van der Waals surface area contributed by atoms with Gasteiger partial charge in [0, 0.05) is 16.8 Å². The van der Waals surface area contributed by atoms with Gasteiger partial charge in [0.05, 0.1) is 0 Å². The molecule has 2 aromatic rings. The number of anilines is 1. The maximum absolute atomic E-state index is 11.9. The summed E-state index contributed by atoms with van der Waals surface area (Å²) in [4.78, 5) is 11.9. The molecule has 0 bridgehead atoms. The van der Waals surface area contributed by atoms with Crippen LogP contribution < -0.4 is 5.32 Å². The molecule has 2 rings (SSSR count). The first kappa shape index (κ1) is 16.3. The van der Waals surface area contributed by atoms with Crippen molar-refractivity contribution in [3.63, 3.8) is 0 Å². The molecule has 0 aliphatic rings. The summed E-state index contributed by atoms with van der Waals surface area (Å²) in [6, 6.07) is 15.3. The molecule has 2 nitrogen and oxygen atoms in total. The number of rotatable bonds is 3. The van der Waals surface area contributed by atoms with Crippen molar-refractivity contribution < 1.29 is 4.79 Å². The van der Waals surface area contributed by atoms with Gasteiger partial charge in [-0.3, -0.25) is 4.79 Å². The molecule has 0 aliphatic carbocycles. The second kappa shape index (κ2) is 6.80. The minimum Gasteiger partial charge on any atom is -0.323 e. The zero-order valence-electron chi connectivity index (χ0n) is 13.1. The van der Waals surface area contributed by atoms with Gasteiger partial charge in [0.2, 0.25) is 5.91 Å². The van der Waals surface area contributed by atoms with Gasteiger partial charge < -0.3 is 5.32 Å². The highest BCUT2D eigenvalue weighted by Crippen LogP contribution is 2.23. The Morgan fingerprint density at radius 2 is 1.59 bits per heavy atom. The highest BCUT2D eigenvalue weighted by molar-refractivity contribution is 6.30. The standard InChI is InChI=1S/C19H20ClNO/c1-19(2,3)15-7-11-17(12-8-15)21-18(22)13-6-14-4-9-16(20)10-5-14/h4-13H,1-3H3,(H,21,22)/b13-6+. The van der Waals surface area contributed by atoms with E-state index in [-0.39, 0.29) is 11.3 Å². The van der Waals surface area contributed by atoms with Gasteiger partial charge in [-0.2, -0.15) is 0 Å². The Labute approximate surface area is 136 Å². The Hall–Kier alpha value is -2.06. The van der Waals surface area contributed by atoms with Crippen molar-refractivity contribution in [2.45, 2.75) is 26.2 Å². The molecule has 0 unspecified atom stereocenters. The van der Waals surface area contributed by atoms with Crippen LogP contribution in [0.1, 0.15) is 31.9 Å². The van der Waals surface area contributed by atoms with E-state index in [1.54, 1.807) is 18.2 Å². The van der Waals surface area contributed by atoms with E-state index >= 15 is 0 Å². The molecule has 114 valence electrons.